The maximum atomic E-state index is 7.04. The van der Waals surface area contributed by atoms with Gasteiger partial charge in [-0.1, -0.05) is 0 Å². The van der Waals surface area contributed by atoms with Gasteiger partial charge < -0.3 is 0 Å². The van der Waals surface area contributed by atoms with Gasteiger partial charge in [0.15, 0.2) is 0 Å². The first kappa shape index (κ1) is 10.3. The first-order valence-corrected chi connectivity index (χ1v) is 11.2. The third-order valence-electron chi connectivity index (χ3n) is 1.76. The van der Waals surface area contributed by atoms with Crippen molar-refractivity contribution in [1.82, 2.24) is 0 Å². The van der Waals surface area contributed by atoms with Crippen molar-refractivity contribution in [2.45, 2.75) is 22.3 Å². The monoisotopic (exact) mass is 236 g/mol. The quantitative estimate of drug-likeness (QED) is 0.545. The molecule has 1 aromatic rings. The van der Waals surface area contributed by atoms with Crippen LogP contribution in [-0.4, -0.2) is 13.6 Å². The van der Waals surface area contributed by atoms with E-state index in [0.717, 1.165) is 10.9 Å². The van der Waals surface area contributed by atoms with Gasteiger partial charge in [-0.3, -0.25) is 0 Å². The van der Waals surface area contributed by atoms with Crippen LogP contribution in [0.2, 0.25) is 17.1 Å². The molecule has 0 N–H and O–H groups in total. The molecule has 0 amide bonds. The van der Waals surface area contributed by atoms with Crippen molar-refractivity contribution in [1.29, 1.82) is 0 Å². The van der Waals surface area contributed by atoms with Crippen LogP contribution in [0.5, 0.6) is 0 Å². The van der Waals surface area contributed by atoms with E-state index in [2.05, 4.69) is 28.0 Å². The molecule has 0 aromatic heterocycles. The Balaban J connectivity index is 2.96. The minimum absolute atomic E-state index is 0.832. The molecule has 1 aromatic carbocycles. The fraction of sp³-hybridized carbons (Fsp3) is 0.364. The summed E-state index contributed by atoms with van der Waals surface area (Å²) in [6, 6.07) is 7.95. The predicted octanol–water partition coefficient (Wildman–Crippen LogP) is 3.66. The van der Waals surface area contributed by atoms with Gasteiger partial charge in [0, 0.05) is 0 Å². The summed E-state index contributed by atoms with van der Waals surface area (Å²) < 4.78 is 0. The average molecular weight is 236 g/mol. The number of rotatable bonds is 2. The molecule has 13 heavy (non-hydrogen) atoms. The molecular weight excluding hydrogens is 221 g/mol. The second-order valence-electron chi connectivity index (χ2n) is 4.19. The Kier molecular flexibility index (Phi) is 3.17. The van der Waals surface area contributed by atoms with E-state index in [1.807, 2.05) is 18.2 Å². The van der Waals surface area contributed by atoms with Crippen LogP contribution in [0.3, 0.4) is 0 Å². The standard InChI is InChI=1S/C11H15AsN/c1-12(2,3)9-10-7-5-6-8-11(10)13-4/h5-8H,9H2,1-3H3/q+1. The topological polar surface area (TPSA) is 4.36 Å². The fourth-order valence-electron chi connectivity index (χ4n) is 1.26. The summed E-state index contributed by atoms with van der Waals surface area (Å²) in [5.41, 5.74) is 9.15. The third kappa shape index (κ3) is 3.25. The van der Waals surface area contributed by atoms with E-state index in [0.29, 0.717) is 0 Å². The zero-order valence-corrected chi connectivity index (χ0v) is 10.3. The van der Waals surface area contributed by atoms with Gasteiger partial charge in [0.1, 0.15) is 0 Å². The van der Waals surface area contributed by atoms with E-state index in [-0.39, 0.29) is 0 Å². The molecule has 1 nitrogen and oxygen atoms in total. The summed E-state index contributed by atoms with van der Waals surface area (Å²) in [6.45, 7) is 7.04. The molecule has 0 atom stereocenters. The Hall–Kier alpha value is -0.732. The van der Waals surface area contributed by atoms with Crippen LogP contribution in [0, 0.1) is 6.57 Å². The minimum atomic E-state index is -1.41. The van der Waals surface area contributed by atoms with Crippen molar-refractivity contribution in [3.63, 3.8) is 0 Å². The molecule has 0 heterocycles. The number of hydrogen-bond donors (Lipinski definition) is 0. The number of hydrogen-bond acceptors (Lipinski definition) is 0. The van der Waals surface area contributed by atoms with Gasteiger partial charge in [-0.25, -0.2) is 0 Å². The first-order chi connectivity index (χ1) is 6.03. The molecule has 0 aliphatic heterocycles. The first-order valence-electron chi connectivity index (χ1n) is 4.29. The van der Waals surface area contributed by atoms with Crippen LogP contribution in [0.4, 0.5) is 5.69 Å². The Bertz CT molecular complexity index is 331. The Morgan fingerprint density at radius 3 is 2.38 bits per heavy atom. The molecule has 0 aliphatic rings. The SMILES string of the molecule is [C-]#[N+]c1ccccc1C[As+](C)(C)C. The maximum absolute atomic E-state index is 7.04. The van der Waals surface area contributed by atoms with E-state index in [1.165, 1.54) is 5.56 Å². The van der Waals surface area contributed by atoms with Crippen LogP contribution in [0.1, 0.15) is 5.56 Å². The second-order valence-corrected chi connectivity index (χ2v) is 14.5. The van der Waals surface area contributed by atoms with Crippen molar-refractivity contribution in [3.05, 3.63) is 41.2 Å². The van der Waals surface area contributed by atoms with E-state index in [1.54, 1.807) is 0 Å². The van der Waals surface area contributed by atoms with Gasteiger partial charge in [0.2, 0.25) is 0 Å². The van der Waals surface area contributed by atoms with E-state index < -0.39 is 13.6 Å². The van der Waals surface area contributed by atoms with Gasteiger partial charge in [-0.2, -0.15) is 0 Å². The summed E-state index contributed by atoms with van der Waals surface area (Å²) in [4.78, 5) is 3.53. The van der Waals surface area contributed by atoms with Crippen LogP contribution < -0.4 is 0 Å². The molecular formula is C11H15AsN+. The fourth-order valence-corrected chi connectivity index (χ4v) is 3.97. The summed E-state index contributed by atoms with van der Waals surface area (Å²) in [5.74, 6) is 0. The van der Waals surface area contributed by atoms with Crippen molar-refractivity contribution >= 4 is 19.2 Å². The molecule has 2 heteroatoms. The molecule has 0 spiro atoms. The molecule has 68 valence electrons. The second kappa shape index (κ2) is 3.98. The summed E-state index contributed by atoms with van der Waals surface area (Å²) in [7, 11) is 0. The summed E-state index contributed by atoms with van der Waals surface area (Å²) in [6.07, 6.45) is 0. The normalized spacial score (nSPS) is 10.9. The van der Waals surface area contributed by atoms with E-state index >= 15 is 0 Å². The Morgan fingerprint density at radius 2 is 1.85 bits per heavy atom. The zero-order valence-electron chi connectivity index (χ0n) is 8.41. The van der Waals surface area contributed by atoms with Gasteiger partial charge >= 0.3 is 82.8 Å². The molecule has 0 radical (unpaired) electrons. The Labute approximate surface area is 83.0 Å². The van der Waals surface area contributed by atoms with Gasteiger partial charge in [0.05, 0.1) is 0 Å². The van der Waals surface area contributed by atoms with Crippen LogP contribution in [0.15, 0.2) is 24.3 Å². The molecule has 0 fully saturated rings. The zero-order chi connectivity index (χ0) is 9.90. The van der Waals surface area contributed by atoms with Gasteiger partial charge in [0.25, 0.3) is 0 Å². The van der Waals surface area contributed by atoms with Crippen molar-refractivity contribution in [2.24, 2.45) is 0 Å². The summed E-state index contributed by atoms with van der Waals surface area (Å²) >= 11 is -1.41. The third-order valence-corrected chi connectivity index (χ3v) is 4.46. The molecule has 0 saturated carbocycles. The Morgan fingerprint density at radius 1 is 1.23 bits per heavy atom. The number of benzene rings is 1. The van der Waals surface area contributed by atoms with E-state index in [9.17, 15) is 0 Å². The average Bonchev–Trinajstić information content (AvgIpc) is 2.02. The molecule has 1 rings (SSSR count). The predicted molar refractivity (Wildman–Crippen MR) is 59.8 cm³/mol. The number of nitrogens with zero attached hydrogens (tertiary/aromatic N) is 1. The van der Waals surface area contributed by atoms with Crippen molar-refractivity contribution in [3.8, 4) is 0 Å². The molecule has 0 unspecified atom stereocenters. The molecule has 0 bridgehead atoms. The number of para-hydroxylation sites is 1. The van der Waals surface area contributed by atoms with Crippen LogP contribution in [0.25, 0.3) is 4.85 Å². The van der Waals surface area contributed by atoms with Crippen molar-refractivity contribution in [2.75, 3.05) is 0 Å². The van der Waals surface area contributed by atoms with Gasteiger partial charge in [-0.05, 0) is 0 Å². The van der Waals surface area contributed by atoms with Crippen LogP contribution in [-0.2, 0) is 5.21 Å². The summed E-state index contributed by atoms with van der Waals surface area (Å²) in [5, 5.41) is 1.14. The van der Waals surface area contributed by atoms with Crippen LogP contribution >= 0.6 is 0 Å². The molecule has 0 saturated heterocycles. The van der Waals surface area contributed by atoms with E-state index in [4.69, 9.17) is 6.57 Å². The molecule has 0 aliphatic carbocycles. The van der Waals surface area contributed by atoms with Gasteiger partial charge in [-0.15, -0.1) is 0 Å². The van der Waals surface area contributed by atoms with Crippen molar-refractivity contribution < 1.29 is 0 Å².